The summed E-state index contributed by atoms with van der Waals surface area (Å²) in [6.07, 6.45) is 3.83. The van der Waals surface area contributed by atoms with Crippen molar-refractivity contribution < 1.29 is 57.1 Å². The fourth-order valence-electron chi connectivity index (χ4n) is 9.74. The van der Waals surface area contributed by atoms with Gasteiger partial charge in [0.25, 0.3) is 0 Å². The highest BCUT2D eigenvalue weighted by molar-refractivity contribution is 7.80. The molecular formula is C56H95N7O12S2. The molecule has 1 saturated heterocycles. The number of thiazole rings is 1. The molecule has 4 amide bonds. The Balaban J connectivity index is 1.55. The molecule has 21 heteroatoms. The highest BCUT2D eigenvalue weighted by atomic mass is 32.1. The number of hydrogen-bond acceptors (Lipinski definition) is 16. The number of carbonyl (C=O) groups is 4. The standard InChI is InChI=1S/C56H95N7O12S2/c1-12-41(6)51(46(68-10)38-48(65)63-23-16-19-45(63)52(69-11)42(7)54(76)59-44(55-58-22-36-77-55)37-43-17-14-13-15-18-43)62(9)56(67)49(39(2)3)60-53(66)50(40(4)5)61(8)47(64)20-24-70-26-28-72-30-32-74-34-35-75-33-31-73-29-27-71-25-21-57/h13-15,17-18,22,36,39-42,44-46,49-52H,12,16,19-21,23-35,37-38,57H2,1-11H3,(H,59,76)(H,60,66)/t41-,42+,44-,45-,46+,49?,50-,51-,52+/m0/s1. The van der Waals surface area contributed by atoms with Gasteiger partial charge in [-0.3, -0.25) is 19.2 Å². The average molecular weight is 1120 g/mol. The van der Waals surface area contributed by atoms with Gasteiger partial charge >= 0.3 is 0 Å². The Hall–Kier alpha value is -3.74. The van der Waals surface area contributed by atoms with Gasteiger partial charge in [-0.2, -0.15) is 0 Å². The van der Waals surface area contributed by atoms with Crippen molar-refractivity contribution in [3.05, 3.63) is 52.5 Å². The van der Waals surface area contributed by atoms with E-state index >= 15 is 0 Å². The lowest BCUT2D eigenvalue weighted by atomic mass is 9.89. The van der Waals surface area contributed by atoms with Crippen LogP contribution in [-0.2, 0) is 63.5 Å². The number of aromatic nitrogens is 1. The van der Waals surface area contributed by atoms with Crippen molar-refractivity contribution in [2.45, 2.75) is 129 Å². The molecule has 1 unspecified atom stereocenters. The quantitative estimate of drug-likeness (QED) is 0.0567. The van der Waals surface area contributed by atoms with Crippen LogP contribution in [0.2, 0.25) is 0 Å². The van der Waals surface area contributed by atoms with E-state index < -0.39 is 30.1 Å². The fourth-order valence-corrected chi connectivity index (χ4v) is 10.7. The number of rotatable bonds is 41. The molecule has 438 valence electrons. The second kappa shape index (κ2) is 38.0. The maximum absolute atomic E-state index is 14.7. The third-order valence-corrected chi connectivity index (χ3v) is 15.5. The Kier molecular flexibility index (Phi) is 33.3. The molecule has 19 nitrogen and oxygen atoms in total. The maximum Gasteiger partial charge on any atom is 0.245 e. The molecule has 1 aliphatic heterocycles. The summed E-state index contributed by atoms with van der Waals surface area (Å²) < 4.78 is 45.3. The third-order valence-electron chi connectivity index (χ3n) is 14.1. The van der Waals surface area contributed by atoms with Crippen LogP contribution in [0.1, 0.15) is 97.2 Å². The Morgan fingerprint density at radius 3 is 1.86 bits per heavy atom. The molecule has 0 bridgehead atoms. The zero-order chi connectivity index (χ0) is 56.7. The maximum atomic E-state index is 14.7. The van der Waals surface area contributed by atoms with E-state index in [0.717, 1.165) is 23.4 Å². The van der Waals surface area contributed by atoms with Crippen LogP contribution in [0.5, 0.6) is 0 Å². The Morgan fingerprint density at radius 2 is 1.36 bits per heavy atom. The van der Waals surface area contributed by atoms with Gasteiger partial charge in [0.15, 0.2) is 0 Å². The molecule has 0 spiro atoms. The van der Waals surface area contributed by atoms with E-state index in [1.165, 1.54) is 4.90 Å². The summed E-state index contributed by atoms with van der Waals surface area (Å²) in [7, 11) is 6.57. The van der Waals surface area contributed by atoms with Crippen LogP contribution in [0.15, 0.2) is 41.9 Å². The number of likely N-dealkylation sites (tertiary alicyclic amines) is 1. The zero-order valence-corrected chi connectivity index (χ0v) is 49.7. The zero-order valence-electron chi connectivity index (χ0n) is 48.1. The van der Waals surface area contributed by atoms with Crippen LogP contribution in [0.3, 0.4) is 0 Å². The fraction of sp³-hybridized carbons (Fsp3) is 0.750. The number of hydrogen-bond donors (Lipinski definition) is 3. The first-order valence-corrected chi connectivity index (χ1v) is 28.9. The number of nitrogens with one attached hydrogen (secondary N) is 2. The minimum atomic E-state index is -0.922. The first kappa shape index (κ1) is 67.5. The molecular weight excluding hydrogens is 1030 g/mol. The van der Waals surface area contributed by atoms with E-state index in [-0.39, 0.29) is 85.6 Å². The number of amides is 4. The van der Waals surface area contributed by atoms with Crippen LogP contribution in [0.25, 0.3) is 0 Å². The minimum Gasteiger partial charge on any atom is -0.379 e. The van der Waals surface area contributed by atoms with Crippen LogP contribution in [-0.4, -0.2) is 205 Å². The van der Waals surface area contributed by atoms with Gasteiger partial charge in [0, 0.05) is 58.9 Å². The molecule has 1 aromatic carbocycles. The van der Waals surface area contributed by atoms with Crippen molar-refractivity contribution in [3.8, 4) is 0 Å². The van der Waals surface area contributed by atoms with E-state index in [1.807, 2.05) is 76.9 Å². The monoisotopic (exact) mass is 1120 g/mol. The minimum absolute atomic E-state index is 0.0332. The molecule has 0 radical (unpaired) electrons. The molecule has 1 fully saturated rings. The van der Waals surface area contributed by atoms with Crippen LogP contribution in [0.4, 0.5) is 0 Å². The number of benzene rings is 1. The van der Waals surface area contributed by atoms with Crippen molar-refractivity contribution in [3.63, 3.8) is 0 Å². The van der Waals surface area contributed by atoms with E-state index in [4.69, 9.17) is 55.8 Å². The third kappa shape index (κ3) is 23.1. The largest absolute Gasteiger partial charge is 0.379 e. The molecule has 1 aromatic heterocycles. The van der Waals surface area contributed by atoms with Crippen molar-refractivity contribution in [1.82, 2.24) is 30.3 Å². The Bertz CT molecular complexity index is 1960. The molecule has 1 aliphatic rings. The lowest BCUT2D eigenvalue weighted by Crippen LogP contribution is -2.60. The van der Waals surface area contributed by atoms with Gasteiger partial charge in [-0.25, -0.2) is 4.98 Å². The van der Waals surface area contributed by atoms with Gasteiger partial charge in [0.05, 0.1) is 127 Å². The Labute approximate surface area is 469 Å². The normalized spacial score (nSPS) is 16.9. The molecule has 3 rings (SSSR count). The van der Waals surface area contributed by atoms with Gasteiger partial charge in [-0.1, -0.05) is 97.4 Å². The van der Waals surface area contributed by atoms with Crippen LogP contribution in [0, 0.1) is 23.7 Å². The lowest BCUT2D eigenvalue weighted by molar-refractivity contribution is -0.148. The van der Waals surface area contributed by atoms with E-state index in [1.54, 1.807) is 50.7 Å². The lowest BCUT2D eigenvalue weighted by Gasteiger charge is -2.41. The van der Waals surface area contributed by atoms with Gasteiger partial charge in [-0.15, -0.1) is 11.3 Å². The number of nitrogens with two attached hydrogens (primary N) is 1. The molecule has 9 atom stereocenters. The summed E-state index contributed by atoms with van der Waals surface area (Å²) >= 11 is 7.66. The van der Waals surface area contributed by atoms with E-state index in [0.29, 0.717) is 97.0 Å². The van der Waals surface area contributed by atoms with Gasteiger partial charge in [0.1, 0.15) is 17.1 Å². The first-order valence-electron chi connectivity index (χ1n) is 27.6. The summed E-state index contributed by atoms with van der Waals surface area (Å²) in [6, 6.07) is 7.60. The molecule has 2 heterocycles. The number of nitrogens with zero attached hydrogens (tertiary/aromatic N) is 4. The number of methoxy groups -OCH3 is 2. The molecule has 4 N–H and O–H groups in total. The molecule has 0 saturated carbocycles. The van der Waals surface area contributed by atoms with Gasteiger partial charge < -0.3 is 69.0 Å². The van der Waals surface area contributed by atoms with Crippen LogP contribution < -0.4 is 16.4 Å². The number of likely N-dealkylation sites (N-methyl/N-ethyl adjacent to an activating group) is 2. The predicted molar refractivity (Wildman–Crippen MR) is 304 cm³/mol. The number of thiocarbonyl (C=S) groups is 1. The van der Waals surface area contributed by atoms with Crippen molar-refractivity contribution in [1.29, 1.82) is 0 Å². The smallest absolute Gasteiger partial charge is 0.245 e. The van der Waals surface area contributed by atoms with Crippen LogP contribution >= 0.6 is 23.6 Å². The van der Waals surface area contributed by atoms with E-state index in [9.17, 15) is 19.2 Å². The number of carbonyl (C=O) groups excluding carboxylic acids is 4. The second-order valence-corrected chi connectivity index (χ2v) is 21.7. The summed E-state index contributed by atoms with van der Waals surface area (Å²) in [5.74, 6) is -1.97. The summed E-state index contributed by atoms with van der Waals surface area (Å²) in [4.78, 5) is 67.2. The predicted octanol–water partition coefficient (Wildman–Crippen LogP) is 5.34. The summed E-state index contributed by atoms with van der Waals surface area (Å²) in [5, 5.41) is 9.53. The van der Waals surface area contributed by atoms with E-state index in [2.05, 4.69) is 27.8 Å². The van der Waals surface area contributed by atoms with Crippen molar-refractivity contribution >= 4 is 52.2 Å². The average Bonchev–Trinajstić information content (AvgIpc) is 4.15. The molecule has 77 heavy (non-hydrogen) atoms. The summed E-state index contributed by atoms with van der Waals surface area (Å²) in [6.45, 7) is 19.6. The topological polar surface area (TPSA) is 215 Å². The Morgan fingerprint density at radius 1 is 0.792 bits per heavy atom. The highest BCUT2D eigenvalue weighted by Crippen LogP contribution is 2.31. The summed E-state index contributed by atoms with van der Waals surface area (Å²) in [5.41, 5.74) is 6.54. The van der Waals surface area contributed by atoms with Gasteiger partial charge in [0.2, 0.25) is 23.6 Å². The second-order valence-electron chi connectivity index (χ2n) is 20.3. The first-order chi connectivity index (χ1) is 37.0. The van der Waals surface area contributed by atoms with Crippen molar-refractivity contribution in [2.24, 2.45) is 29.4 Å². The number of ether oxygens (including phenoxy) is 8. The van der Waals surface area contributed by atoms with Crippen molar-refractivity contribution in [2.75, 3.05) is 121 Å². The molecule has 2 aromatic rings. The van der Waals surface area contributed by atoms with Gasteiger partial charge in [-0.05, 0) is 42.6 Å². The molecule has 0 aliphatic carbocycles. The highest BCUT2D eigenvalue weighted by Gasteiger charge is 2.43. The SMILES string of the molecule is CC[C@H](C)[C@@H]([C@@H](CC(=O)N1CCC[C@H]1[C@H](OC)[C@@H](C)C(=S)N[C@@H](Cc1ccccc1)c1nccs1)OC)N(C)C(=O)C(NC(=O)[C@H](C(C)C)N(C)C(=O)CCOCCOCCOCCOCCOCCOCCN)C(C)C.